The topological polar surface area (TPSA) is 111 Å². The van der Waals surface area contributed by atoms with E-state index in [9.17, 15) is 16.8 Å². The smallest absolute Gasteiger partial charge is 0.264 e. The Hall–Kier alpha value is -4.80. The average Bonchev–Trinajstić information content (AvgIpc) is 2.99. The fraction of sp³-hybridized carbons (Fsp3) is 0. The van der Waals surface area contributed by atoms with E-state index in [1.54, 1.807) is 97.1 Å². The predicted molar refractivity (Wildman–Crippen MR) is 156 cm³/mol. The quantitative estimate of drug-likeness (QED) is 0.164. The number of oxime groups is 2. The molecule has 0 aliphatic rings. The lowest BCUT2D eigenvalue weighted by Gasteiger charge is -2.11. The SMILES string of the molecule is C=Cc1ccc(S(=O)(=O)O/N=C(\C(=N/OS(=O)(=O)c2ccc(C=C)cc2)c2ccccc2)c2ccccc2)cc1. The summed E-state index contributed by atoms with van der Waals surface area (Å²) in [5.74, 6) is 0. The molecule has 0 heterocycles. The molecule has 0 amide bonds. The predicted octanol–water partition coefficient (Wildman–Crippen LogP) is 5.89. The number of benzene rings is 4. The summed E-state index contributed by atoms with van der Waals surface area (Å²) in [6.45, 7) is 7.30. The largest absolute Gasteiger partial charge is 0.358 e. The summed E-state index contributed by atoms with van der Waals surface area (Å²) in [5.41, 5.74) is 2.11. The molecule has 0 spiro atoms. The molecule has 0 aliphatic heterocycles. The van der Waals surface area contributed by atoms with Gasteiger partial charge in [-0.2, -0.15) is 16.8 Å². The Morgan fingerprint density at radius 3 is 1.15 bits per heavy atom. The average molecular weight is 573 g/mol. The lowest BCUT2D eigenvalue weighted by Crippen LogP contribution is -2.20. The molecule has 0 aliphatic carbocycles. The van der Waals surface area contributed by atoms with E-state index in [0.29, 0.717) is 11.1 Å². The Kier molecular flexibility index (Phi) is 8.73. The van der Waals surface area contributed by atoms with Crippen molar-refractivity contribution in [3.05, 3.63) is 145 Å². The molecule has 0 bridgehead atoms. The zero-order valence-electron chi connectivity index (χ0n) is 21.1. The molecule has 40 heavy (non-hydrogen) atoms. The maximum atomic E-state index is 13.0. The molecule has 4 aromatic rings. The Morgan fingerprint density at radius 2 is 0.850 bits per heavy atom. The van der Waals surface area contributed by atoms with Gasteiger partial charge in [0.25, 0.3) is 0 Å². The van der Waals surface area contributed by atoms with Crippen molar-refractivity contribution in [3.63, 3.8) is 0 Å². The highest BCUT2D eigenvalue weighted by Crippen LogP contribution is 2.19. The molecule has 0 N–H and O–H groups in total. The minimum Gasteiger partial charge on any atom is -0.264 e. The molecule has 0 fully saturated rings. The van der Waals surface area contributed by atoms with Crippen molar-refractivity contribution >= 4 is 43.8 Å². The molecule has 0 aromatic heterocycles. The third-order valence-corrected chi connectivity index (χ3v) is 7.82. The number of hydrogen-bond donors (Lipinski definition) is 0. The molecule has 4 aromatic carbocycles. The van der Waals surface area contributed by atoms with Crippen molar-refractivity contribution in [2.75, 3.05) is 0 Å². The van der Waals surface area contributed by atoms with Crippen LogP contribution in [-0.2, 0) is 28.8 Å². The second-order valence-corrected chi connectivity index (χ2v) is 11.3. The van der Waals surface area contributed by atoms with Crippen LogP contribution in [0.4, 0.5) is 0 Å². The van der Waals surface area contributed by atoms with Crippen molar-refractivity contribution in [1.82, 2.24) is 0 Å². The molecule has 10 heteroatoms. The van der Waals surface area contributed by atoms with E-state index in [0.717, 1.165) is 11.1 Å². The van der Waals surface area contributed by atoms with E-state index < -0.39 is 20.2 Å². The van der Waals surface area contributed by atoms with Gasteiger partial charge < -0.3 is 0 Å². The van der Waals surface area contributed by atoms with E-state index in [1.165, 1.54) is 24.3 Å². The van der Waals surface area contributed by atoms with Crippen LogP contribution in [0, 0.1) is 0 Å². The summed E-state index contributed by atoms with van der Waals surface area (Å²) in [7, 11) is -8.68. The van der Waals surface area contributed by atoms with Crippen molar-refractivity contribution in [3.8, 4) is 0 Å². The molecule has 0 saturated carbocycles. The summed E-state index contributed by atoms with van der Waals surface area (Å²) in [6, 6.07) is 28.7. The van der Waals surface area contributed by atoms with E-state index in [-0.39, 0.29) is 21.2 Å². The zero-order chi connectivity index (χ0) is 28.6. The van der Waals surface area contributed by atoms with Gasteiger partial charge in [-0.05, 0) is 35.4 Å². The zero-order valence-corrected chi connectivity index (χ0v) is 22.8. The lowest BCUT2D eigenvalue weighted by atomic mass is 10.0. The van der Waals surface area contributed by atoms with Gasteiger partial charge in [0, 0.05) is 11.1 Å². The van der Waals surface area contributed by atoms with Crippen LogP contribution >= 0.6 is 0 Å². The summed E-state index contributed by atoms with van der Waals surface area (Å²) in [5, 5.41) is 7.90. The molecule has 8 nitrogen and oxygen atoms in total. The second kappa shape index (κ2) is 12.4. The van der Waals surface area contributed by atoms with Crippen LogP contribution in [0.25, 0.3) is 12.2 Å². The van der Waals surface area contributed by atoms with Gasteiger partial charge in [0.15, 0.2) is 0 Å². The summed E-state index contributed by atoms with van der Waals surface area (Å²) in [4.78, 5) is -0.261. The Balaban J connectivity index is 1.79. The van der Waals surface area contributed by atoms with Gasteiger partial charge in [0.2, 0.25) is 0 Å². The van der Waals surface area contributed by atoms with Crippen molar-refractivity contribution in [2.24, 2.45) is 10.3 Å². The van der Waals surface area contributed by atoms with Crippen LogP contribution < -0.4 is 0 Å². The molecule has 202 valence electrons. The lowest BCUT2D eigenvalue weighted by molar-refractivity contribution is 0.334. The highest BCUT2D eigenvalue weighted by molar-refractivity contribution is 7.87. The molecule has 0 atom stereocenters. The van der Waals surface area contributed by atoms with Crippen molar-refractivity contribution < 1.29 is 25.4 Å². The van der Waals surface area contributed by atoms with Crippen LogP contribution in [0.2, 0.25) is 0 Å². The first-order chi connectivity index (χ1) is 19.2. The molecule has 0 unspecified atom stereocenters. The maximum absolute atomic E-state index is 13.0. The Bertz CT molecular complexity index is 1630. The Labute approximate surface area is 233 Å². The molecular formula is C30H24N2O6S2. The van der Waals surface area contributed by atoms with E-state index >= 15 is 0 Å². The van der Waals surface area contributed by atoms with E-state index in [1.807, 2.05) is 0 Å². The Morgan fingerprint density at radius 1 is 0.525 bits per heavy atom. The molecule has 0 saturated heterocycles. The van der Waals surface area contributed by atoms with E-state index in [2.05, 4.69) is 23.5 Å². The van der Waals surface area contributed by atoms with Gasteiger partial charge in [-0.1, -0.05) is 121 Å². The molecular weight excluding hydrogens is 548 g/mol. The highest BCUT2D eigenvalue weighted by Gasteiger charge is 2.23. The van der Waals surface area contributed by atoms with Gasteiger partial charge in [0.05, 0.1) is 0 Å². The van der Waals surface area contributed by atoms with Gasteiger partial charge in [-0.25, -0.2) is 0 Å². The minimum absolute atomic E-state index is 0.0738. The van der Waals surface area contributed by atoms with Gasteiger partial charge in [-0.3, -0.25) is 8.57 Å². The number of hydrogen-bond acceptors (Lipinski definition) is 8. The summed E-state index contributed by atoms with van der Waals surface area (Å²) < 4.78 is 62.0. The van der Waals surface area contributed by atoms with Gasteiger partial charge in [0.1, 0.15) is 21.2 Å². The monoisotopic (exact) mass is 572 g/mol. The number of rotatable bonds is 11. The molecule has 0 radical (unpaired) electrons. The first-order valence-corrected chi connectivity index (χ1v) is 14.6. The standard InChI is InChI=1S/C30H24N2O6S2/c1-3-23-15-19-27(20-16-23)39(33,34)37-31-29(25-11-7-5-8-12-25)30(26-13-9-6-10-14-26)32-38-40(35,36)28-21-17-24(4-2)18-22-28/h3-22H,1-2H2/b31-29-,32-30-. The first-order valence-electron chi connectivity index (χ1n) is 11.8. The fourth-order valence-corrected chi connectivity index (χ4v) is 4.91. The second-order valence-electron chi connectivity index (χ2n) is 8.22. The fourth-order valence-electron chi connectivity index (χ4n) is 3.46. The summed E-state index contributed by atoms with van der Waals surface area (Å²) >= 11 is 0. The van der Waals surface area contributed by atoms with Gasteiger partial charge >= 0.3 is 20.2 Å². The molecule has 4 rings (SSSR count). The van der Waals surface area contributed by atoms with Crippen molar-refractivity contribution in [2.45, 2.75) is 9.79 Å². The van der Waals surface area contributed by atoms with Crippen LogP contribution in [0.3, 0.4) is 0 Å². The third-order valence-electron chi connectivity index (χ3n) is 5.58. The summed E-state index contributed by atoms with van der Waals surface area (Å²) in [6.07, 6.45) is 3.15. The normalized spacial score (nSPS) is 12.4. The van der Waals surface area contributed by atoms with Gasteiger partial charge in [-0.15, -0.1) is 0 Å². The van der Waals surface area contributed by atoms with Crippen LogP contribution in [0.1, 0.15) is 22.3 Å². The van der Waals surface area contributed by atoms with Crippen LogP contribution in [0.5, 0.6) is 0 Å². The third kappa shape index (κ3) is 6.79. The highest BCUT2D eigenvalue weighted by atomic mass is 32.2. The first kappa shape index (κ1) is 28.2. The number of nitrogens with zero attached hydrogens (tertiary/aromatic N) is 2. The maximum Gasteiger partial charge on any atom is 0.358 e. The van der Waals surface area contributed by atoms with Crippen LogP contribution in [0.15, 0.2) is 142 Å². The van der Waals surface area contributed by atoms with Crippen molar-refractivity contribution in [1.29, 1.82) is 0 Å². The van der Waals surface area contributed by atoms with Crippen LogP contribution in [-0.4, -0.2) is 28.3 Å². The minimum atomic E-state index is -4.34. The van der Waals surface area contributed by atoms with E-state index in [4.69, 9.17) is 8.57 Å².